The summed E-state index contributed by atoms with van der Waals surface area (Å²) >= 11 is 0. The molecule has 1 saturated heterocycles. The molecule has 1 N–H and O–H groups in total. The first-order chi connectivity index (χ1) is 8.86. The second-order valence-electron chi connectivity index (χ2n) is 8.34. The highest BCUT2D eigenvalue weighted by molar-refractivity contribution is 4.92. The van der Waals surface area contributed by atoms with Crippen LogP contribution in [0.5, 0.6) is 0 Å². The van der Waals surface area contributed by atoms with Gasteiger partial charge in [0.1, 0.15) is 0 Å². The lowest BCUT2D eigenvalue weighted by molar-refractivity contribution is 0.00966. The molecule has 1 unspecified atom stereocenters. The molecule has 1 saturated carbocycles. The van der Waals surface area contributed by atoms with E-state index in [0.717, 1.165) is 13.2 Å². The molecule has 2 aliphatic rings. The standard InChI is InChI=1S/C17H33NO/c1-16(2)11-14(12-17(3,4)13-16)18-9-8-15-7-5-6-10-19-15/h14-15,18H,5-13H2,1-4H3. The first-order valence-electron chi connectivity index (χ1n) is 8.21. The SMILES string of the molecule is CC1(C)CC(NCCC2CCCCO2)CC(C)(C)C1. The monoisotopic (exact) mass is 267 g/mol. The van der Waals surface area contributed by atoms with Crippen LogP contribution in [0.15, 0.2) is 0 Å². The molecule has 1 aliphatic carbocycles. The Morgan fingerprint density at radius 3 is 2.32 bits per heavy atom. The zero-order valence-electron chi connectivity index (χ0n) is 13.4. The fourth-order valence-corrected chi connectivity index (χ4v) is 4.47. The van der Waals surface area contributed by atoms with Gasteiger partial charge in [0.25, 0.3) is 0 Å². The largest absolute Gasteiger partial charge is 0.378 e. The topological polar surface area (TPSA) is 21.3 Å². The molecule has 0 aromatic heterocycles. The lowest BCUT2D eigenvalue weighted by Gasteiger charge is -2.45. The number of hydrogen-bond acceptors (Lipinski definition) is 2. The minimum absolute atomic E-state index is 0.487. The summed E-state index contributed by atoms with van der Waals surface area (Å²) in [6, 6.07) is 0.697. The van der Waals surface area contributed by atoms with Crippen molar-refractivity contribution in [2.45, 2.75) is 84.8 Å². The summed E-state index contributed by atoms with van der Waals surface area (Å²) in [4.78, 5) is 0. The van der Waals surface area contributed by atoms with Crippen LogP contribution in [0.1, 0.15) is 72.6 Å². The quantitative estimate of drug-likeness (QED) is 0.826. The van der Waals surface area contributed by atoms with E-state index in [9.17, 15) is 0 Å². The second-order valence-corrected chi connectivity index (χ2v) is 8.34. The van der Waals surface area contributed by atoms with Gasteiger partial charge in [0.2, 0.25) is 0 Å². The van der Waals surface area contributed by atoms with Crippen LogP contribution in [0, 0.1) is 10.8 Å². The molecule has 1 atom stereocenters. The number of rotatable bonds is 4. The molecule has 0 bridgehead atoms. The maximum absolute atomic E-state index is 5.81. The molecule has 2 nitrogen and oxygen atoms in total. The van der Waals surface area contributed by atoms with Crippen LogP contribution < -0.4 is 5.32 Å². The smallest absolute Gasteiger partial charge is 0.0587 e. The third kappa shape index (κ3) is 5.07. The van der Waals surface area contributed by atoms with E-state index in [1.165, 1.54) is 44.9 Å². The molecule has 0 spiro atoms. The Bertz CT molecular complexity index is 263. The minimum atomic E-state index is 0.487. The summed E-state index contributed by atoms with van der Waals surface area (Å²) in [6.45, 7) is 11.8. The van der Waals surface area contributed by atoms with Crippen LogP contribution in [0.4, 0.5) is 0 Å². The molecule has 0 radical (unpaired) electrons. The zero-order valence-corrected chi connectivity index (χ0v) is 13.4. The number of nitrogens with one attached hydrogen (secondary N) is 1. The van der Waals surface area contributed by atoms with E-state index >= 15 is 0 Å². The Kier molecular flexibility index (Phi) is 4.94. The van der Waals surface area contributed by atoms with Gasteiger partial charge < -0.3 is 10.1 Å². The molecular formula is C17H33NO. The van der Waals surface area contributed by atoms with Crippen molar-refractivity contribution >= 4 is 0 Å². The third-order valence-electron chi connectivity index (χ3n) is 4.73. The van der Waals surface area contributed by atoms with Crippen LogP contribution in [0.25, 0.3) is 0 Å². The van der Waals surface area contributed by atoms with E-state index in [0.29, 0.717) is 23.0 Å². The summed E-state index contributed by atoms with van der Waals surface area (Å²) in [5.74, 6) is 0. The first-order valence-corrected chi connectivity index (χ1v) is 8.21. The van der Waals surface area contributed by atoms with Crippen molar-refractivity contribution in [3.05, 3.63) is 0 Å². The number of ether oxygens (including phenoxy) is 1. The van der Waals surface area contributed by atoms with E-state index in [1.807, 2.05) is 0 Å². The van der Waals surface area contributed by atoms with Crippen molar-refractivity contribution in [3.8, 4) is 0 Å². The summed E-state index contributed by atoms with van der Waals surface area (Å²) in [5, 5.41) is 3.80. The summed E-state index contributed by atoms with van der Waals surface area (Å²) in [5.41, 5.74) is 0.974. The average Bonchev–Trinajstić information content (AvgIpc) is 2.26. The normalized spacial score (nSPS) is 31.3. The summed E-state index contributed by atoms with van der Waals surface area (Å²) in [6.07, 6.45) is 9.59. The first kappa shape index (κ1) is 15.3. The van der Waals surface area contributed by atoms with Crippen LogP contribution in [-0.2, 0) is 4.74 Å². The fraction of sp³-hybridized carbons (Fsp3) is 1.00. The van der Waals surface area contributed by atoms with Crippen LogP contribution in [0.2, 0.25) is 0 Å². The lowest BCUT2D eigenvalue weighted by Crippen LogP contribution is -2.44. The molecule has 2 fully saturated rings. The highest BCUT2D eigenvalue weighted by Crippen LogP contribution is 2.45. The van der Waals surface area contributed by atoms with Crippen molar-refractivity contribution in [2.24, 2.45) is 10.8 Å². The van der Waals surface area contributed by atoms with Gasteiger partial charge in [0, 0.05) is 12.6 Å². The zero-order chi connectivity index (χ0) is 13.9. The highest BCUT2D eigenvalue weighted by Gasteiger charge is 2.38. The van der Waals surface area contributed by atoms with Gasteiger partial charge >= 0.3 is 0 Å². The molecule has 19 heavy (non-hydrogen) atoms. The third-order valence-corrected chi connectivity index (χ3v) is 4.73. The van der Waals surface area contributed by atoms with E-state index < -0.39 is 0 Å². The molecule has 0 aromatic rings. The van der Waals surface area contributed by atoms with Gasteiger partial charge in [-0.2, -0.15) is 0 Å². The predicted octanol–water partition coefficient (Wildman–Crippen LogP) is 4.14. The van der Waals surface area contributed by atoms with Crippen molar-refractivity contribution in [1.29, 1.82) is 0 Å². The fourth-order valence-electron chi connectivity index (χ4n) is 4.47. The summed E-state index contributed by atoms with van der Waals surface area (Å²) < 4.78 is 5.81. The number of hydrogen-bond donors (Lipinski definition) is 1. The minimum Gasteiger partial charge on any atom is -0.378 e. The molecule has 1 aliphatic heterocycles. The maximum atomic E-state index is 5.81. The van der Waals surface area contributed by atoms with Crippen molar-refractivity contribution < 1.29 is 4.74 Å². The van der Waals surface area contributed by atoms with Gasteiger partial charge in [-0.3, -0.25) is 0 Å². The van der Waals surface area contributed by atoms with E-state index in [4.69, 9.17) is 4.74 Å². The van der Waals surface area contributed by atoms with E-state index in [2.05, 4.69) is 33.0 Å². The van der Waals surface area contributed by atoms with Gasteiger partial charge in [-0.05, 0) is 62.3 Å². The van der Waals surface area contributed by atoms with Gasteiger partial charge in [-0.15, -0.1) is 0 Å². The Balaban J connectivity index is 1.72. The van der Waals surface area contributed by atoms with E-state index in [1.54, 1.807) is 0 Å². The molecule has 2 heteroatoms. The van der Waals surface area contributed by atoms with E-state index in [-0.39, 0.29) is 0 Å². The maximum Gasteiger partial charge on any atom is 0.0587 e. The molecule has 0 aromatic carbocycles. The van der Waals surface area contributed by atoms with Crippen molar-refractivity contribution in [3.63, 3.8) is 0 Å². The predicted molar refractivity (Wildman–Crippen MR) is 81.4 cm³/mol. The second kappa shape index (κ2) is 6.13. The summed E-state index contributed by atoms with van der Waals surface area (Å²) in [7, 11) is 0. The van der Waals surface area contributed by atoms with Crippen LogP contribution in [0.3, 0.4) is 0 Å². The molecular weight excluding hydrogens is 234 g/mol. The Hall–Kier alpha value is -0.0800. The van der Waals surface area contributed by atoms with Crippen molar-refractivity contribution in [1.82, 2.24) is 5.32 Å². The molecule has 112 valence electrons. The molecule has 0 amide bonds. The average molecular weight is 267 g/mol. The van der Waals surface area contributed by atoms with Crippen LogP contribution >= 0.6 is 0 Å². The van der Waals surface area contributed by atoms with Gasteiger partial charge in [0.15, 0.2) is 0 Å². The molecule has 1 heterocycles. The van der Waals surface area contributed by atoms with Gasteiger partial charge in [-0.25, -0.2) is 0 Å². The van der Waals surface area contributed by atoms with Crippen LogP contribution in [-0.4, -0.2) is 25.3 Å². The highest BCUT2D eigenvalue weighted by atomic mass is 16.5. The van der Waals surface area contributed by atoms with Gasteiger partial charge in [-0.1, -0.05) is 27.7 Å². The Labute approximate surface area is 119 Å². The lowest BCUT2D eigenvalue weighted by atomic mass is 9.63. The Morgan fingerprint density at radius 2 is 1.74 bits per heavy atom. The van der Waals surface area contributed by atoms with Gasteiger partial charge in [0.05, 0.1) is 6.10 Å². The molecule has 2 rings (SSSR count). The van der Waals surface area contributed by atoms with Crippen molar-refractivity contribution in [2.75, 3.05) is 13.2 Å². The Morgan fingerprint density at radius 1 is 1.05 bits per heavy atom.